The van der Waals surface area contributed by atoms with E-state index >= 15 is 0 Å². The van der Waals surface area contributed by atoms with Crippen molar-refractivity contribution < 1.29 is 14.3 Å². The van der Waals surface area contributed by atoms with Crippen LogP contribution in [0.4, 0.5) is 0 Å². The fourth-order valence-electron chi connectivity index (χ4n) is 3.21. The molecule has 0 fully saturated rings. The van der Waals surface area contributed by atoms with Gasteiger partial charge in [0, 0.05) is 0 Å². The molecule has 0 spiro atoms. The Bertz CT molecular complexity index is 1320. The fourth-order valence-corrected chi connectivity index (χ4v) is 4.33. The second kappa shape index (κ2) is 8.08. The first kappa shape index (κ1) is 19.8. The summed E-state index contributed by atoms with van der Waals surface area (Å²) < 4.78 is 9.18. The lowest BCUT2D eigenvalue weighted by Crippen LogP contribution is -2.22. The maximum absolute atomic E-state index is 13.0. The van der Waals surface area contributed by atoms with Gasteiger partial charge in [-0.15, -0.1) is 0 Å². The zero-order chi connectivity index (χ0) is 21.3. The first-order valence-corrected chi connectivity index (χ1v) is 10.2. The number of esters is 1. The first-order valence-electron chi connectivity index (χ1n) is 9.34. The van der Waals surface area contributed by atoms with Crippen molar-refractivity contribution >= 4 is 33.4 Å². The summed E-state index contributed by atoms with van der Waals surface area (Å²) in [7, 11) is 1.34. The predicted octanol–water partition coefficient (Wildman–Crippen LogP) is 3.42. The Balaban J connectivity index is 1.80. The molecule has 30 heavy (non-hydrogen) atoms. The Hall–Kier alpha value is -3.52. The number of benzene rings is 2. The molecule has 0 aliphatic heterocycles. The average Bonchev–Trinajstić information content (AvgIpc) is 3.28. The number of carbonyl (C=O) groups excluding carboxylic acids is 2. The van der Waals surface area contributed by atoms with E-state index < -0.39 is 11.9 Å². The number of hydrogen-bond donors (Lipinski definition) is 0. The Morgan fingerprint density at radius 1 is 1.13 bits per heavy atom. The molecule has 0 atom stereocenters. The smallest absolute Gasteiger partial charge is 0.325 e. The topological polar surface area (TPSA) is 78.5 Å². The van der Waals surface area contributed by atoms with Crippen LogP contribution in [0, 0.1) is 13.8 Å². The van der Waals surface area contributed by atoms with Crippen LogP contribution in [0.3, 0.4) is 0 Å². The summed E-state index contributed by atoms with van der Waals surface area (Å²) in [6.07, 6.45) is 1.52. The molecule has 0 radical (unpaired) electrons. The van der Waals surface area contributed by atoms with E-state index in [0.717, 1.165) is 21.5 Å². The van der Waals surface area contributed by atoms with Gasteiger partial charge in [0.25, 0.3) is 5.91 Å². The molecular formula is C22H20N4O3S. The van der Waals surface area contributed by atoms with E-state index in [1.54, 1.807) is 9.25 Å². The lowest BCUT2D eigenvalue weighted by molar-refractivity contribution is -0.141. The summed E-state index contributed by atoms with van der Waals surface area (Å²) in [5, 5.41) is 4.35. The summed E-state index contributed by atoms with van der Waals surface area (Å²) in [5.41, 5.74) is 3.90. The number of amides is 1. The van der Waals surface area contributed by atoms with Crippen LogP contribution in [0.2, 0.25) is 0 Å². The third kappa shape index (κ3) is 3.69. The lowest BCUT2D eigenvalue weighted by Gasteiger charge is -2.04. The minimum absolute atomic E-state index is 0.0199. The molecule has 2 heterocycles. The van der Waals surface area contributed by atoms with E-state index in [9.17, 15) is 9.59 Å². The maximum atomic E-state index is 13.0. The SMILES string of the molecule is COC(=O)Cn1c(=NC(=O)c2cnn(-c3ccccc3)c2C)sc2cc(C)ccc21. The van der Waals surface area contributed by atoms with Gasteiger partial charge in [-0.2, -0.15) is 10.1 Å². The maximum Gasteiger partial charge on any atom is 0.325 e. The summed E-state index contributed by atoms with van der Waals surface area (Å²) in [5.74, 6) is -0.811. The minimum Gasteiger partial charge on any atom is -0.468 e. The Labute approximate surface area is 176 Å². The van der Waals surface area contributed by atoms with Crippen molar-refractivity contribution in [2.75, 3.05) is 7.11 Å². The molecule has 2 aromatic heterocycles. The van der Waals surface area contributed by atoms with Gasteiger partial charge in [0.2, 0.25) is 0 Å². The molecule has 0 aliphatic carbocycles. The number of thiazole rings is 1. The van der Waals surface area contributed by atoms with Gasteiger partial charge in [0.05, 0.1) is 40.5 Å². The van der Waals surface area contributed by atoms with Gasteiger partial charge in [0.15, 0.2) is 4.80 Å². The zero-order valence-electron chi connectivity index (χ0n) is 16.8. The van der Waals surface area contributed by atoms with Gasteiger partial charge < -0.3 is 9.30 Å². The van der Waals surface area contributed by atoms with Gasteiger partial charge in [-0.05, 0) is 43.7 Å². The second-order valence-corrected chi connectivity index (χ2v) is 7.84. The van der Waals surface area contributed by atoms with Crippen molar-refractivity contribution in [3.05, 3.63) is 76.4 Å². The van der Waals surface area contributed by atoms with Crippen LogP contribution in [0.5, 0.6) is 0 Å². The highest BCUT2D eigenvalue weighted by molar-refractivity contribution is 7.16. The van der Waals surface area contributed by atoms with E-state index in [1.165, 1.54) is 24.6 Å². The van der Waals surface area contributed by atoms with E-state index in [0.29, 0.717) is 16.1 Å². The molecular weight excluding hydrogens is 400 g/mol. The lowest BCUT2D eigenvalue weighted by atomic mass is 10.2. The Morgan fingerprint density at radius 3 is 2.63 bits per heavy atom. The molecule has 0 bridgehead atoms. The summed E-state index contributed by atoms with van der Waals surface area (Å²) >= 11 is 1.36. The van der Waals surface area contributed by atoms with Gasteiger partial charge in [-0.3, -0.25) is 9.59 Å². The molecule has 1 amide bonds. The Kier molecular flexibility index (Phi) is 5.33. The van der Waals surface area contributed by atoms with Gasteiger partial charge in [-0.25, -0.2) is 4.68 Å². The van der Waals surface area contributed by atoms with Crippen molar-refractivity contribution in [2.45, 2.75) is 20.4 Å². The van der Waals surface area contributed by atoms with Crippen LogP contribution < -0.4 is 4.80 Å². The summed E-state index contributed by atoms with van der Waals surface area (Å²) in [6.45, 7) is 3.81. The third-order valence-corrected chi connectivity index (χ3v) is 5.83. The number of carbonyl (C=O) groups is 2. The quantitative estimate of drug-likeness (QED) is 0.474. The number of ether oxygens (including phenoxy) is 1. The van der Waals surface area contributed by atoms with Crippen LogP contribution in [-0.4, -0.2) is 33.3 Å². The molecule has 4 rings (SSSR count). The number of aromatic nitrogens is 3. The standard InChI is InChI=1S/C22H20N4O3S/c1-14-9-10-18-19(11-14)30-22(25(18)13-20(27)29-3)24-21(28)17-12-23-26(15(17)2)16-7-5-4-6-8-16/h4-12H,13H2,1-3H3. The number of hydrogen-bond acceptors (Lipinski definition) is 5. The number of fused-ring (bicyclic) bond motifs is 1. The van der Waals surface area contributed by atoms with Crippen LogP contribution in [0.15, 0.2) is 59.7 Å². The number of para-hydroxylation sites is 1. The molecule has 0 aliphatic rings. The second-order valence-electron chi connectivity index (χ2n) is 6.83. The predicted molar refractivity (Wildman–Crippen MR) is 115 cm³/mol. The highest BCUT2D eigenvalue weighted by Gasteiger charge is 2.17. The largest absolute Gasteiger partial charge is 0.468 e. The van der Waals surface area contributed by atoms with E-state index in [2.05, 4.69) is 10.1 Å². The highest BCUT2D eigenvalue weighted by Crippen LogP contribution is 2.20. The molecule has 0 N–H and O–H groups in total. The summed E-state index contributed by atoms with van der Waals surface area (Å²) in [6, 6.07) is 15.5. The van der Waals surface area contributed by atoms with E-state index in [4.69, 9.17) is 4.74 Å². The minimum atomic E-state index is -0.406. The number of nitrogens with zero attached hydrogens (tertiary/aromatic N) is 4. The molecule has 0 saturated carbocycles. The molecule has 8 heteroatoms. The van der Waals surface area contributed by atoms with Crippen LogP contribution in [0.1, 0.15) is 21.6 Å². The number of aryl methyl sites for hydroxylation is 1. The Morgan fingerprint density at radius 2 is 1.90 bits per heavy atom. The molecule has 0 saturated heterocycles. The van der Waals surface area contributed by atoms with Gasteiger partial charge >= 0.3 is 5.97 Å². The number of methoxy groups -OCH3 is 1. The molecule has 152 valence electrons. The highest BCUT2D eigenvalue weighted by atomic mass is 32.1. The average molecular weight is 420 g/mol. The van der Waals surface area contributed by atoms with Crippen molar-refractivity contribution in [3.63, 3.8) is 0 Å². The monoisotopic (exact) mass is 420 g/mol. The van der Waals surface area contributed by atoms with Crippen molar-refractivity contribution in [2.24, 2.45) is 4.99 Å². The molecule has 2 aromatic carbocycles. The zero-order valence-corrected chi connectivity index (χ0v) is 17.6. The molecule has 4 aromatic rings. The fraction of sp³-hybridized carbons (Fsp3) is 0.182. The van der Waals surface area contributed by atoms with Crippen molar-refractivity contribution in [1.29, 1.82) is 0 Å². The van der Waals surface area contributed by atoms with Gasteiger partial charge in [0.1, 0.15) is 6.54 Å². The normalized spacial score (nSPS) is 11.8. The first-order chi connectivity index (χ1) is 14.5. The van der Waals surface area contributed by atoms with Crippen LogP contribution in [0.25, 0.3) is 15.9 Å². The van der Waals surface area contributed by atoms with E-state index in [-0.39, 0.29) is 6.54 Å². The number of rotatable bonds is 4. The van der Waals surface area contributed by atoms with Crippen molar-refractivity contribution in [1.82, 2.24) is 14.3 Å². The summed E-state index contributed by atoms with van der Waals surface area (Å²) in [4.78, 5) is 29.7. The van der Waals surface area contributed by atoms with E-state index in [1.807, 2.05) is 62.4 Å². The molecule has 0 unspecified atom stereocenters. The third-order valence-electron chi connectivity index (χ3n) is 4.79. The van der Waals surface area contributed by atoms with Gasteiger partial charge in [-0.1, -0.05) is 35.6 Å². The van der Waals surface area contributed by atoms with Crippen molar-refractivity contribution in [3.8, 4) is 5.69 Å². The van der Waals surface area contributed by atoms with Crippen LogP contribution in [-0.2, 0) is 16.1 Å². The van der Waals surface area contributed by atoms with Crippen LogP contribution >= 0.6 is 11.3 Å². The molecule has 7 nitrogen and oxygen atoms in total.